The lowest BCUT2D eigenvalue weighted by atomic mass is 9.82. The van der Waals surface area contributed by atoms with Crippen LogP contribution in [0.25, 0.3) is 0 Å². The molecular formula is C36H53N7O6. The third kappa shape index (κ3) is 8.83. The minimum absolute atomic E-state index is 0.0132. The minimum atomic E-state index is -0.994. The molecule has 13 nitrogen and oxygen atoms in total. The van der Waals surface area contributed by atoms with Crippen LogP contribution in [0, 0.1) is 23.2 Å². The maximum atomic E-state index is 14.6. The lowest BCUT2D eigenvalue weighted by Gasteiger charge is -2.38. The second-order valence-electron chi connectivity index (χ2n) is 15.5. The van der Waals surface area contributed by atoms with E-state index in [1.54, 1.807) is 4.90 Å². The summed E-state index contributed by atoms with van der Waals surface area (Å²) in [6, 6.07) is -3.68. The van der Waals surface area contributed by atoms with Gasteiger partial charge >= 0.3 is 0 Å². The second kappa shape index (κ2) is 15.8. The predicted molar refractivity (Wildman–Crippen MR) is 181 cm³/mol. The number of carbonyl (C=O) groups is 6. The van der Waals surface area contributed by atoms with E-state index >= 15 is 0 Å². The molecule has 0 bridgehead atoms. The van der Waals surface area contributed by atoms with Crippen molar-refractivity contribution in [1.29, 1.82) is 0 Å². The molecule has 6 atom stereocenters. The number of fused-ring (bicyclic) bond motifs is 1. The lowest BCUT2D eigenvalue weighted by Crippen LogP contribution is -2.62. The summed E-state index contributed by atoms with van der Waals surface area (Å²) in [6.45, 7) is 7.85. The van der Waals surface area contributed by atoms with Crippen molar-refractivity contribution < 1.29 is 28.8 Å². The zero-order valence-corrected chi connectivity index (χ0v) is 29.3. The highest BCUT2D eigenvalue weighted by Gasteiger charge is 2.52. The Bertz CT molecular complexity index is 1390. The van der Waals surface area contributed by atoms with E-state index in [1.165, 1.54) is 18.6 Å². The summed E-state index contributed by atoms with van der Waals surface area (Å²) in [5, 5.41) is 11.5. The SMILES string of the molecule is CCC[C@H](NC(=O)[C@@H]1[C@H]2CCC[C@H]2CN1C(=O)C(NC(=O)C(NC(=O)c1cnccn1)C1CCCCC1)C(C)(C)C)C(=O)C(=O)NC1CC1. The highest BCUT2D eigenvalue weighted by atomic mass is 16.2. The van der Waals surface area contributed by atoms with Crippen LogP contribution in [0.2, 0.25) is 0 Å². The van der Waals surface area contributed by atoms with Crippen LogP contribution in [-0.4, -0.2) is 86.9 Å². The Morgan fingerprint density at radius 2 is 1.63 bits per heavy atom. The Kier molecular flexibility index (Phi) is 11.7. The number of rotatable bonds is 13. The van der Waals surface area contributed by atoms with Crippen LogP contribution in [0.3, 0.4) is 0 Å². The van der Waals surface area contributed by atoms with Gasteiger partial charge in [0, 0.05) is 25.0 Å². The first-order valence-electron chi connectivity index (χ1n) is 18.2. The fourth-order valence-corrected chi connectivity index (χ4v) is 7.87. The van der Waals surface area contributed by atoms with Gasteiger partial charge < -0.3 is 26.2 Å². The molecule has 0 aromatic carbocycles. The van der Waals surface area contributed by atoms with E-state index in [0.29, 0.717) is 19.4 Å². The van der Waals surface area contributed by atoms with E-state index in [0.717, 1.165) is 64.2 Å². The van der Waals surface area contributed by atoms with Crippen LogP contribution in [0.15, 0.2) is 18.6 Å². The van der Waals surface area contributed by atoms with Gasteiger partial charge in [-0.1, -0.05) is 59.8 Å². The van der Waals surface area contributed by atoms with E-state index < -0.39 is 59.0 Å². The van der Waals surface area contributed by atoms with Crippen LogP contribution in [-0.2, 0) is 24.0 Å². The van der Waals surface area contributed by atoms with Gasteiger partial charge in [0.05, 0.1) is 12.2 Å². The normalized spacial score (nSPS) is 24.2. The van der Waals surface area contributed by atoms with Crippen molar-refractivity contribution in [2.75, 3.05) is 6.54 Å². The standard InChI is InChI=1S/C36H53N7O6/c1-5-10-25(29(44)34(48)39-23-15-16-23)40-33(47)28-24-14-9-13-22(24)20-43(28)35(49)30(36(2,3)4)42-32(46)27(21-11-7-6-8-12-21)41-31(45)26-19-37-17-18-38-26/h17-19,21-25,27-28,30H,5-16,20H2,1-4H3,(H,39,48)(H,40,47)(H,41,45)(H,42,46)/t22-,24-,25-,27?,28-,30?/m0/s1. The van der Waals surface area contributed by atoms with Gasteiger partial charge in [0.2, 0.25) is 23.5 Å². The summed E-state index contributed by atoms with van der Waals surface area (Å²) in [5.41, 5.74) is -0.638. The molecule has 3 saturated carbocycles. The van der Waals surface area contributed by atoms with Gasteiger partial charge in [-0.2, -0.15) is 0 Å². The summed E-state index contributed by atoms with van der Waals surface area (Å²) in [4.78, 5) is 91.4. The molecule has 2 heterocycles. The minimum Gasteiger partial charge on any atom is -0.347 e. The molecule has 13 heteroatoms. The van der Waals surface area contributed by atoms with Crippen molar-refractivity contribution in [3.05, 3.63) is 24.3 Å². The number of likely N-dealkylation sites (tertiary alicyclic amines) is 1. The first kappa shape index (κ1) is 36.4. The van der Waals surface area contributed by atoms with Crippen molar-refractivity contribution >= 4 is 35.3 Å². The zero-order chi connectivity index (χ0) is 35.3. The Labute approximate surface area is 288 Å². The number of hydrogen-bond acceptors (Lipinski definition) is 8. The molecule has 4 aliphatic rings. The van der Waals surface area contributed by atoms with E-state index in [1.807, 2.05) is 27.7 Å². The number of nitrogens with one attached hydrogen (secondary N) is 4. The lowest BCUT2D eigenvalue weighted by molar-refractivity contribution is -0.146. The van der Waals surface area contributed by atoms with Gasteiger partial charge in [0.15, 0.2) is 0 Å². The molecule has 268 valence electrons. The number of hydrogen-bond donors (Lipinski definition) is 4. The second-order valence-corrected chi connectivity index (χ2v) is 15.5. The van der Waals surface area contributed by atoms with Gasteiger partial charge in [-0.3, -0.25) is 33.8 Å². The van der Waals surface area contributed by atoms with E-state index in [2.05, 4.69) is 31.2 Å². The third-order valence-electron chi connectivity index (χ3n) is 10.7. The number of nitrogens with zero attached hydrogens (tertiary/aromatic N) is 3. The van der Waals surface area contributed by atoms with Crippen molar-refractivity contribution in [2.45, 2.75) is 135 Å². The summed E-state index contributed by atoms with van der Waals surface area (Å²) >= 11 is 0. The third-order valence-corrected chi connectivity index (χ3v) is 10.7. The maximum absolute atomic E-state index is 14.6. The topological polar surface area (TPSA) is 180 Å². The van der Waals surface area contributed by atoms with Crippen LogP contribution in [0.1, 0.15) is 115 Å². The van der Waals surface area contributed by atoms with Crippen molar-refractivity contribution in [1.82, 2.24) is 36.1 Å². The Balaban J connectivity index is 1.36. The Hall–Kier alpha value is -3.90. The van der Waals surface area contributed by atoms with E-state index in [-0.39, 0.29) is 35.4 Å². The molecule has 0 spiro atoms. The van der Waals surface area contributed by atoms with E-state index in [9.17, 15) is 28.8 Å². The molecule has 1 saturated heterocycles. The molecule has 4 fully saturated rings. The molecule has 3 aliphatic carbocycles. The maximum Gasteiger partial charge on any atom is 0.289 e. The van der Waals surface area contributed by atoms with Crippen molar-refractivity contribution in [3.8, 4) is 0 Å². The molecule has 1 aromatic heterocycles. The fourth-order valence-electron chi connectivity index (χ4n) is 7.87. The molecule has 2 unspecified atom stereocenters. The summed E-state index contributed by atoms with van der Waals surface area (Å²) in [5.74, 6) is -3.20. The van der Waals surface area contributed by atoms with Crippen molar-refractivity contribution in [2.24, 2.45) is 23.2 Å². The van der Waals surface area contributed by atoms with Gasteiger partial charge in [-0.15, -0.1) is 0 Å². The van der Waals surface area contributed by atoms with Gasteiger partial charge in [-0.05, 0) is 68.1 Å². The summed E-state index contributed by atoms with van der Waals surface area (Å²) < 4.78 is 0. The zero-order valence-electron chi connectivity index (χ0n) is 29.3. The molecule has 4 N–H and O–H groups in total. The number of amides is 5. The molecule has 0 radical (unpaired) electrons. The largest absolute Gasteiger partial charge is 0.347 e. The number of carbonyl (C=O) groups excluding carboxylic acids is 6. The van der Waals surface area contributed by atoms with Gasteiger partial charge in [-0.25, -0.2) is 4.98 Å². The monoisotopic (exact) mass is 679 g/mol. The van der Waals surface area contributed by atoms with Gasteiger partial charge in [0.1, 0.15) is 23.8 Å². The highest BCUT2D eigenvalue weighted by Crippen LogP contribution is 2.43. The van der Waals surface area contributed by atoms with E-state index in [4.69, 9.17) is 0 Å². The first-order chi connectivity index (χ1) is 23.4. The molecule has 5 amide bonds. The van der Waals surface area contributed by atoms with Crippen LogP contribution >= 0.6 is 0 Å². The van der Waals surface area contributed by atoms with Crippen LogP contribution in [0.5, 0.6) is 0 Å². The average Bonchev–Trinajstić information content (AvgIpc) is 3.65. The summed E-state index contributed by atoms with van der Waals surface area (Å²) in [7, 11) is 0. The molecule has 1 aliphatic heterocycles. The smallest absolute Gasteiger partial charge is 0.289 e. The predicted octanol–water partition coefficient (Wildman–Crippen LogP) is 2.45. The average molecular weight is 680 g/mol. The van der Waals surface area contributed by atoms with Crippen LogP contribution < -0.4 is 21.3 Å². The summed E-state index contributed by atoms with van der Waals surface area (Å²) in [6.07, 6.45) is 13.9. The molecule has 49 heavy (non-hydrogen) atoms. The number of ketones is 1. The first-order valence-corrected chi connectivity index (χ1v) is 18.2. The molecule has 5 rings (SSSR count). The number of aromatic nitrogens is 2. The van der Waals surface area contributed by atoms with Crippen LogP contribution in [0.4, 0.5) is 0 Å². The number of Topliss-reactive ketones (excluding diaryl/α,β-unsaturated/α-hetero) is 1. The van der Waals surface area contributed by atoms with Gasteiger partial charge in [0.25, 0.3) is 11.8 Å². The quantitative estimate of drug-likeness (QED) is 0.230. The highest BCUT2D eigenvalue weighted by molar-refractivity contribution is 6.38. The molecular weight excluding hydrogens is 626 g/mol. The Morgan fingerprint density at radius 1 is 0.898 bits per heavy atom. The Morgan fingerprint density at radius 3 is 2.27 bits per heavy atom. The fraction of sp³-hybridized carbons (Fsp3) is 0.722. The van der Waals surface area contributed by atoms with Crippen molar-refractivity contribution in [3.63, 3.8) is 0 Å². The molecule has 1 aromatic rings.